The Morgan fingerprint density at radius 2 is 1.64 bits per heavy atom. The van der Waals surface area contributed by atoms with Crippen LogP contribution in [0.3, 0.4) is 0 Å². The van der Waals surface area contributed by atoms with Gasteiger partial charge in [0.2, 0.25) is 0 Å². The van der Waals surface area contributed by atoms with Crippen molar-refractivity contribution < 1.29 is 18.9 Å². The van der Waals surface area contributed by atoms with Crippen LogP contribution in [0.15, 0.2) is 48.5 Å². The molecule has 0 saturated carbocycles. The molecule has 1 saturated heterocycles. The summed E-state index contributed by atoms with van der Waals surface area (Å²) in [4.78, 5) is 16.5. The zero-order valence-corrected chi connectivity index (χ0v) is 16.4. The van der Waals surface area contributed by atoms with Gasteiger partial charge in [-0.25, -0.2) is 8.78 Å². The highest BCUT2D eigenvalue weighted by Crippen LogP contribution is 2.20. The molecular formula is C22H28F2N3O+. The Hall–Kier alpha value is -2.47. The van der Waals surface area contributed by atoms with Crippen molar-refractivity contribution in [3.05, 3.63) is 65.7 Å². The number of hydrogen-bond donors (Lipinski definition) is 1. The van der Waals surface area contributed by atoms with Gasteiger partial charge in [0.05, 0.1) is 5.69 Å². The lowest BCUT2D eigenvalue weighted by Gasteiger charge is -2.36. The fourth-order valence-electron chi connectivity index (χ4n) is 3.74. The van der Waals surface area contributed by atoms with Gasteiger partial charge in [-0.05, 0) is 24.3 Å². The third-order valence-corrected chi connectivity index (χ3v) is 5.35. The second kappa shape index (κ2) is 9.15. The van der Waals surface area contributed by atoms with Crippen molar-refractivity contribution >= 4 is 11.6 Å². The van der Waals surface area contributed by atoms with Crippen molar-refractivity contribution in [1.82, 2.24) is 4.90 Å². The summed E-state index contributed by atoms with van der Waals surface area (Å²) in [6.45, 7) is 6.97. The third kappa shape index (κ3) is 4.87. The summed E-state index contributed by atoms with van der Waals surface area (Å²) in [5.41, 5.74) is 1.62. The maximum absolute atomic E-state index is 14.0. The molecule has 1 aliphatic rings. The van der Waals surface area contributed by atoms with Crippen molar-refractivity contribution in [2.24, 2.45) is 5.92 Å². The molecule has 0 aliphatic carbocycles. The number of piperazine rings is 1. The van der Waals surface area contributed by atoms with Gasteiger partial charge in [0, 0.05) is 37.7 Å². The average Bonchev–Trinajstić information content (AvgIpc) is 2.69. The number of anilines is 1. The summed E-state index contributed by atoms with van der Waals surface area (Å²) in [7, 11) is 0. The normalized spacial score (nSPS) is 15.8. The highest BCUT2D eigenvalue weighted by atomic mass is 19.1. The minimum absolute atomic E-state index is 0.0842. The van der Waals surface area contributed by atoms with Crippen LogP contribution in [0.1, 0.15) is 25.5 Å². The van der Waals surface area contributed by atoms with Crippen LogP contribution in [-0.2, 0) is 4.79 Å². The van der Waals surface area contributed by atoms with Crippen LogP contribution in [0.25, 0.3) is 0 Å². The molecule has 0 radical (unpaired) electrons. The predicted octanol–water partition coefficient (Wildman–Crippen LogP) is 2.57. The molecule has 2 aromatic rings. The van der Waals surface area contributed by atoms with E-state index in [1.54, 1.807) is 24.3 Å². The monoisotopic (exact) mass is 388 g/mol. The smallest absolute Gasteiger partial charge is 0.277 e. The molecule has 28 heavy (non-hydrogen) atoms. The molecule has 0 unspecified atom stereocenters. The number of amides is 1. The van der Waals surface area contributed by atoms with Crippen LogP contribution < -0.4 is 10.2 Å². The van der Waals surface area contributed by atoms with Gasteiger partial charge in [-0.3, -0.25) is 4.79 Å². The van der Waals surface area contributed by atoms with Crippen molar-refractivity contribution in [2.75, 3.05) is 37.6 Å². The second-order valence-electron chi connectivity index (χ2n) is 7.58. The Bertz CT molecular complexity index is 787. The molecule has 4 nitrogen and oxygen atoms in total. The Labute approximate surface area is 165 Å². The number of carbonyl (C=O) groups excluding carboxylic acids is 1. The first-order valence-electron chi connectivity index (χ1n) is 9.81. The number of rotatable bonds is 6. The lowest BCUT2D eigenvalue weighted by Crippen LogP contribution is -2.88. The molecule has 150 valence electrons. The van der Waals surface area contributed by atoms with Crippen molar-refractivity contribution in [3.8, 4) is 0 Å². The van der Waals surface area contributed by atoms with Gasteiger partial charge in [-0.15, -0.1) is 0 Å². The fraction of sp³-hybridized carbons (Fsp3) is 0.409. The van der Waals surface area contributed by atoms with E-state index in [2.05, 4.69) is 13.8 Å². The van der Waals surface area contributed by atoms with Gasteiger partial charge in [0.25, 0.3) is 5.91 Å². The molecule has 2 aromatic carbocycles. The molecular weight excluding hydrogens is 360 g/mol. The number of hydrogen-bond acceptors (Lipinski definition) is 2. The third-order valence-electron chi connectivity index (χ3n) is 5.35. The van der Waals surface area contributed by atoms with E-state index in [4.69, 9.17) is 0 Å². The molecule has 1 aliphatic heterocycles. The second-order valence-corrected chi connectivity index (χ2v) is 7.58. The van der Waals surface area contributed by atoms with E-state index >= 15 is 0 Å². The lowest BCUT2D eigenvalue weighted by atomic mass is 9.96. The average molecular weight is 388 g/mol. The van der Waals surface area contributed by atoms with Crippen LogP contribution in [0.4, 0.5) is 14.5 Å². The van der Waals surface area contributed by atoms with Crippen LogP contribution in [-0.4, -0.2) is 43.5 Å². The highest BCUT2D eigenvalue weighted by Gasteiger charge is 2.26. The number of benzene rings is 2. The van der Waals surface area contributed by atoms with Gasteiger partial charge in [0.1, 0.15) is 17.7 Å². The van der Waals surface area contributed by atoms with Gasteiger partial charge in [0.15, 0.2) is 6.54 Å². The topological polar surface area (TPSA) is 40.2 Å². The first-order chi connectivity index (χ1) is 13.5. The summed E-state index contributed by atoms with van der Waals surface area (Å²) in [5, 5.41) is 2.03. The van der Waals surface area contributed by atoms with Gasteiger partial charge < -0.3 is 15.1 Å². The molecule has 0 spiro atoms. The number of carbonyl (C=O) groups is 1. The molecule has 1 amide bonds. The first kappa shape index (κ1) is 20.3. The standard InChI is InChI=1S/C22H27F2N3O/c1-16(2)22(17-7-9-18(23)10-8-17)25-15-21(28)27-13-11-26(12-14-27)20-6-4-3-5-19(20)24/h3-10,16,22,25H,11-15H2,1-2H3/p+1/t22-/m0/s1. The fourth-order valence-corrected chi connectivity index (χ4v) is 3.74. The molecule has 3 rings (SSSR count). The van der Waals surface area contributed by atoms with E-state index in [1.807, 2.05) is 21.2 Å². The summed E-state index contributed by atoms with van der Waals surface area (Å²) >= 11 is 0. The highest BCUT2D eigenvalue weighted by molar-refractivity contribution is 5.77. The minimum Gasteiger partial charge on any atom is -0.366 e. The molecule has 1 heterocycles. The zero-order valence-electron chi connectivity index (χ0n) is 16.4. The van der Waals surface area contributed by atoms with E-state index < -0.39 is 0 Å². The van der Waals surface area contributed by atoms with E-state index in [0.29, 0.717) is 44.3 Å². The van der Waals surface area contributed by atoms with Gasteiger partial charge in [-0.1, -0.05) is 38.1 Å². The summed E-state index contributed by atoms with van der Waals surface area (Å²) in [5.74, 6) is -0.0816. The SMILES string of the molecule is CC(C)[C@H]([NH2+]CC(=O)N1CCN(c2ccccc2F)CC1)c1ccc(F)cc1. The van der Waals surface area contributed by atoms with E-state index in [9.17, 15) is 13.6 Å². The first-order valence-corrected chi connectivity index (χ1v) is 9.81. The number of quaternary nitrogens is 1. The van der Waals surface area contributed by atoms with E-state index in [1.165, 1.54) is 18.2 Å². The Morgan fingerprint density at radius 3 is 2.25 bits per heavy atom. The number of nitrogens with zero attached hydrogens (tertiary/aromatic N) is 2. The summed E-state index contributed by atoms with van der Waals surface area (Å²) < 4.78 is 27.1. The summed E-state index contributed by atoms with van der Waals surface area (Å²) in [6.07, 6.45) is 0. The largest absolute Gasteiger partial charge is 0.366 e. The molecule has 1 atom stereocenters. The predicted molar refractivity (Wildman–Crippen MR) is 106 cm³/mol. The van der Waals surface area contributed by atoms with Crippen molar-refractivity contribution in [3.63, 3.8) is 0 Å². The van der Waals surface area contributed by atoms with Gasteiger partial charge in [-0.2, -0.15) is 0 Å². The van der Waals surface area contributed by atoms with Crippen LogP contribution in [0.2, 0.25) is 0 Å². The van der Waals surface area contributed by atoms with Crippen molar-refractivity contribution in [2.45, 2.75) is 19.9 Å². The molecule has 1 fully saturated rings. The van der Waals surface area contributed by atoms with Crippen LogP contribution in [0.5, 0.6) is 0 Å². The number of halogens is 2. The van der Waals surface area contributed by atoms with E-state index in [-0.39, 0.29) is 23.6 Å². The summed E-state index contributed by atoms with van der Waals surface area (Å²) in [6, 6.07) is 13.3. The molecule has 0 aromatic heterocycles. The Kier molecular flexibility index (Phi) is 6.62. The number of para-hydroxylation sites is 1. The van der Waals surface area contributed by atoms with Gasteiger partial charge >= 0.3 is 0 Å². The Morgan fingerprint density at radius 1 is 1.00 bits per heavy atom. The van der Waals surface area contributed by atoms with Crippen LogP contribution in [0, 0.1) is 17.6 Å². The maximum atomic E-state index is 14.0. The Balaban J connectivity index is 1.53. The molecule has 0 bridgehead atoms. The maximum Gasteiger partial charge on any atom is 0.277 e. The van der Waals surface area contributed by atoms with Crippen molar-refractivity contribution in [1.29, 1.82) is 0 Å². The van der Waals surface area contributed by atoms with Crippen LogP contribution >= 0.6 is 0 Å². The number of nitrogens with two attached hydrogens (primary N) is 1. The molecule has 6 heteroatoms. The lowest BCUT2D eigenvalue weighted by molar-refractivity contribution is -0.692. The minimum atomic E-state index is -0.255. The van der Waals surface area contributed by atoms with E-state index in [0.717, 1.165) is 5.56 Å². The zero-order chi connectivity index (χ0) is 20.1. The quantitative estimate of drug-likeness (QED) is 0.826. The molecule has 2 N–H and O–H groups in total.